The number of nitrogens with one attached hydrogen (secondary N) is 1. The summed E-state index contributed by atoms with van der Waals surface area (Å²) in [5.41, 5.74) is 8.18. The van der Waals surface area contributed by atoms with Gasteiger partial charge >= 0.3 is 5.97 Å². The number of rotatable bonds is 2. The summed E-state index contributed by atoms with van der Waals surface area (Å²) in [5.74, 6) is -0.535. The molecule has 0 aliphatic heterocycles. The number of imidazole rings is 1. The van der Waals surface area contributed by atoms with Gasteiger partial charge in [-0.1, -0.05) is 0 Å². The number of fused-ring (bicyclic) bond motifs is 3. The van der Waals surface area contributed by atoms with Crippen LogP contribution < -0.4 is 5.73 Å². The van der Waals surface area contributed by atoms with Gasteiger partial charge in [0.25, 0.3) is 0 Å². The van der Waals surface area contributed by atoms with Crippen molar-refractivity contribution in [3.8, 4) is 11.5 Å². The molecule has 0 amide bonds. The molecule has 1 atom stereocenters. The van der Waals surface area contributed by atoms with Crippen molar-refractivity contribution in [2.75, 3.05) is 6.54 Å². The molecule has 0 bridgehead atoms. The monoisotopic (exact) mass is 233 g/mol. The van der Waals surface area contributed by atoms with E-state index in [9.17, 15) is 4.79 Å². The zero-order valence-corrected chi connectivity index (χ0v) is 8.93. The largest absolute Gasteiger partial charge is 0.475 e. The quantitative estimate of drug-likeness (QED) is 0.716. The van der Waals surface area contributed by atoms with E-state index in [0.717, 1.165) is 17.7 Å². The van der Waals surface area contributed by atoms with Crippen molar-refractivity contribution in [1.82, 2.24) is 9.97 Å². The van der Waals surface area contributed by atoms with Crippen molar-refractivity contribution in [3.05, 3.63) is 29.4 Å². The van der Waals surface area contributed by atoms with Gasteiger partial charge in [-0.15, -0.1) is 0 Å². The molecule has 6 nitrogen and oxygen atoms in total. The third-order valence-corrected chi connectivity index (χ3v) is 3.08. The first kappa shape index (κ1) is 10.1. The van der Waals surface area contributed by atoms with Crippen LogP contribution in [0.5, 0.6) is 0 Å². The molecular weight excluding hydrogens is 222 g/mol. The molecule has 4 N–H and O–H groups in total. The molecule has 0 aromatic carbocycles. The van der Waals surface area contributed by atoms with Gasteiger partial charge < -0.3 is 20.2 Å². The molecule has 88 valence electrons. The second kappa shape index (κ2) is 3.46. The summed E-state index contributed by atoms with van der Waals surface area (Å²) in [6.07, 6.45) is 2.31. The number of nitrogens with zero attached hydrogens (tertiary/aromatic N) is 1. The maximum Gasteiger partial charge on any atom is 0.371 e. The average molecular weight is 233 g/mol. The number of furan rings is 1. The first-order chi connectivity index (χ1) is 8.20. The molecule has 0 fully saturated rings. The molecule has 2 aromatic rings. The normalized spacial score (nSPS) is 17.6. The molecule has 3 rings (SSSR count). The molecule has 1 aliphatic rings. The van der Waals surface area contributed by atoms with Gasteiger partial charge in [0.1, 0.15) is 5.69 Å². The van der Waals surface area contributed by atoms with Crippen molar-refractivity contribution in [2.45, 2.75) is 12.3 Å². The van der Waals surface area contributed by atoms with E-state index in [2.05, 4.69) is 9.97 Å². The Hall–Kier alpha value is -2.08. The van der Waals surface area contributed by atoms with Crippen LogP contribution in [0.15, 0.2) is 16.8 Å². The average Bonchev–Trinajstić information content (AvgIpc) is 2.92. The van der Waals surface area contributed by atoms with E-state index in [1.165, 1.54) is 0 Å². The number of aromatic nitrogens is 2. The molecule has 1 aliphatic carbocycles. The Balaban J connectivity index is 2.20. The first-order valence-corrected chi connectivity index (χ1v) is 5.30. The molecule has 0 radical (unpaired) electrons. The molecule has 6 heteroatoms. The lowest BCUT2D eigenvalue weighted by Gasteiger charge is -2.18. The highest BCUT2D eigenvalue weighted by Gasteiger charge is 2.31. The van der Waals surface area contributed by atoms with Gasteiger partial charge in [0.15, 0.2) is 5.76 Å². The number of aromatic amines is 1. The Bertz CT molecular complexity index is 585. The summed E-state index contributed by atoms with van der Waals surface area (Å²) in [6.45, 7) is 0.448. The van der Waals surface area contributed by atoms with E-state index in [0.29, 0.717) is 18.0 Å². The van der Waals surface area contributed by atoms with Gasteiger partial charge in [-0.05, 0) is 19.0 Å². The fourth-order valence-electron chi connectivity index (χ4n) is 2.24. The second-order valence-electron chi connectivity index (χ2n) is 4.07. The van der Waals surface area contributed by atoms with Gasteiger partial charge in [0.2, 0.25) is 5.76 Å². The SMILES string of the molecule is NCC1Cc2[nH]cnc2-c2oc(C(=O)O)cc21. The maximum atomic E-state index is 10.9. The Kier molecular flexibility index (Phi) is 2.05. The minimum Gasteiger partial charge on any atom is -0.475 e. The molecule has 1 unspecified atom stereocenters. The number of hydrogen-bond acceptors (Lipinski definition) is 4. The van der Waals surface area contributed by atoms with E-state index in [-0.39, 0.29) is 11.7 Å². The molecule has 2 aromatic heterocycles. The predicted octanol–water partition coefficient (Wildman–Crippen LogP) is 0.966. The van der Waals surface area contributed by atoms with Crippen molar-refractivity contribution >= 4 is 5.97 Å². The standard InChI is InChI=1S/C11H11N3O3/c12-3-5-1-7-9(14-4-13-7)10-6(5)2-8(17-10)11(15)16/h2,4-5H,1,3,12H2,(H,13,14)(H,15,16). The van der Waals surface area contributed by atoms with Gasteiger partial charge in [0, 0.05) is 17.2 Å². The van der Waals surface area contributed by atoms with Crippen LogP contribution in [0.1, 0.15) is 27.7 Å². The number of carboxylic acids is 1. The van der Waals surface area contributed by atoms with E-state index in [4.69, 9.17) is 15.3 Å². The highest BCUT2D eigenvalue weighted by Crippen LogP contribution is 2.39. The summed E-state index contributed by atoms with van der Waals surface area (Å²) >= 11 is 0. The summed E-state index contributed by atoms with van der Waals surface area (Å²) in [5, 5.41) is 8.94. The zero-order chi connectivity index (χ0) is 12.0. The summed E-state index contributed by atoms with van der Waals surface area (Å²) in [7, 11) is 0. The van der Waals surface area contributed by atoms with Crippen LogP contribution in [0.3, 0.4) is 0 Å². The van der Waals surface area contributed by atoms with Crippen LogP contribution in [0, 0.1) is 0 Å². The van der Waals surface area contributed by atoms with Crippen LogP contribution in [0.2, 0.25) is 0 Å². The number of hydrogen-bond donors (Lipinski definition) is 3. The lowest BCUT2D eigenvalue weighted by atomic mass is 9.88. The maximum absolute atomic E-state index is 10.9. The number of aromatic carboxylic acids is 1. The minimum atomic E-state index is -1.08. The predicted molar refractivity (Wildman–Crippen MR) is 58.7 cm³/mol. The highest BCUT2D eigenvalue weighted by atomic mass is 16.4. The van der Waals surface area contributed by atoms with E-state index < -0.39 is 5.97 Å². The third kappa shape index (κ3) is 1.38. The molecule has 17 heavy (non-hydrogen) atoms. The smallest absolute Gasteiger partial charge is 0.371 e. The molecule has 0 spiro atoms. The van der Waals surface area contributed by atoms with E-state index in [1.54, 1.807) is 12.4 Å². The van der Waals surface area contributed by atoms with Gasteiger partial charge in [-0.25, -0.2) is 9.78 Å². The van der Waals surface area contributed by atoms with E-state index in [1.807, 2.05) is 0 Å². The van der Waals surface area contributed by atoms with Crippen LogP contribution in [0.25, 0.3) is 11.5 Å². The number of nitrogens with two attached hydrogens (primary N) is 1. The second-order valence-corrected chi connectivity index (χ2v) is 4.07. The molecule has 0 saturated heterocycles. The third-order valence-electron chi connectivity index (χ3n) is 3.08. The van der Waals surface area contributed by atoms with Crippen molar-refractivity contribution in [2.24, 2.45) is 5.73 Å². The first-order valence-electron chi connectivity index (χ1n) is 5.30. The Morgan fingerprint density at radius 3 is 3.24 bits per heavy atom. The Morgan fingerprint density at radius 1 is 1.71 bits per heavy atom. The van der Waals surface area contributed by atoms with E-state index >= 15 is 0 Å². The summed E-state index contributed by atoms with van der Waals surface area (Å²) in [4.78, 5) is 18.1. The zero-order valence-electron chi connectivity index (χ0n) is 8.93. The molecular formula is C11H11N3O3. The molecule has 0 saturated carbocycles. The lowest BCUT2D eigenvalue weighted by molar-refractivity contribution is 0.0663. The van der Waals surface area contributed by atoms with Crippen LogP contribution >= 0.6 is 0 Å². The van der Waals surface area contributed by atoms with Crippen LogP contribution in [-0.4, -0.2) is 27.6 Å². The van der Waals surface area contributed by atoms with Crippen LogP contribution in [-0.2, 0) is 6.42 Å². The van der Waals surface area contributed by atoms with Gasteiger partial charge in [0.05, 0.1) is 6.33 Å². The number of carbonyl (C=O) groups is 1. The number of carboxylic acid groups (broad SMARTS) is 1. The fraction of sp³-hybridized carbons (Fsp3) is 0.273. The fourth-order valence-corrected chi connectivity index (χ4v) is 2.24. The van der Waals surface area contributed by atoms with Crippen molar-refractivity contribution in [3.63, 3.8) is 0 Å². The van der Waals surface area contributed by atoms with Gasteiger partial charge in [-0.2, -0.15) is 0 Å². The Labute approximate surface area is 96.5 Å². The Morgan fingerprint density at radius 2 is 2.53 bits per heavy atom. The minimum absolute atomic E-state index is 0.0655. The topological polar surface area (TPSA) is 105 Å². The van der Waals surface area contributed by atoms with Gasteiger partial charge in [-0.3, -0.25) is 0 Å². The van der Waals surface area contributed by atoms with Crippen molar-refractivity contribution in [1.29, 1.82) is 0 Å². The lowest BCUT2D eigenvalue weighted by Crippen LogP contribution is -2.18. The van der Waals surface area contributed by atoms with Crippen LogP contribution in [0.4, 0.5) is 0 Å². The molecule has 2 heterocycles. The summed E-state index contributed by atoms with van der Waals surface area (Å²) < 4.78 is 5.35. The summed E-state index contributed by atoms with van der Waals surface area (Å²) in [6, 6.07) is 1.55. The highest BCUT2D eigenvalue weighted by molar-refractivity contribution is 5.86. The van der Waals surface area contributed by atoms with Crippen molar-refractivity contribution < 1.29 is 14.3 Å². The number of H-pyrrole nitrogens is 1.